The van der Waals surface area contributed by atoms with Gasteiger partial charge in [-0.2, -0.15) is 0 Å². The van der Waals surface area contributed by atoms with Crippen molar-refractivity contribution in [2.24, 2.45) is 5.41 Å². The van der Waals surface area contributed by atoms with E-state index in [1.54, 1.807) is 0 Å². The van der Waals surface area contributed by atoms with Gasteiger partial charge in [0.15, 0.2) is 11.0 Å². The number of carbonyl (C=O) groups is 1. The van der Waals surface area contributed by atoms with Gasteiger partial charge in [0, 0.05) is 16.1 Å². The predicted molar refractivity (Wildman–Crippen MR) is 123 cm³/mol. The minimum atomic E-state index is -0.405. The zero-order chi connectivity index (χ0) is 22.4. The highest BCUT2D eigenvalue weighted by Gasteiger charge is 2.23. The number of aromatic nitrogens is 3. The van der Waals surface area contributed by atoms with Crippen molar-refractivity contribution in [1.82, 2.24) is 14.8 Å². The van der Waals surface area contributed by atoms with Crippen molar-refractivity contribution in [2.45, 2.75) is 39.5 Å². The fourth-order valence-electron chi connectivity index (χ4n) is 2.63. The van der Waals surface area contributed by atoms with Crippen LogP contribution in [0.2, 0.25) is 5.02 Å². The number of hydrogen-bond acceptors (Lipinski definition) is 6. The van der Waals surface area contributed by atoms with Crippen LogP contribution in [0, 0.1) is 5.41 Å². The van der Waals surface area contributed by atoms with E-state index < -0.39 is 5.41 Å². The molecule has 0 aliphatic carbocycles. The van der Waals surface area contributed by atoms with Gasteiger partial charge < -0.3 is 9.47 Å². The van der Waals surface area contributed by atoms with E-state index in [2.05, 4.69) is 10.2 Å². The summed E-state index contributed by atoms with van der Waals surface area (Å²) >= 11 is 7.42. The molecule has 0 spiro atoms. The molecule has 2 aromatic carbocycles. The van der Waals surface area contributed by atoms with Gasteiger partial charge in [0.1, 0.15) is 23.9 Å². The summed E-state index contributed by atoms with van der Waals surface area (Å²) in [6.07, 6.45) is 0. The molecule has 8 heteroatoms. The third-order valence-electron chi connectivity index (χ3n) is 4.46. The summed E-state index contributed by atoms with van der Waals surface area (Å²) < 4.78 is 13.3. The molecule has 0 unspecified atom stereocenters. The van der Waals surface area contributed by atoms with Crippen LogP contribution in [0.15, 0.2) is 53.7 Å². The molecule has 0 fully saturated rings. The SMILES string of the molecule is CCOc1ccc(OCc2nnc(SCC(=O)C(C)(C)C)n2-c2ccc(Cl)cc2)cc1. The van der Waals surface area contributed by atoms with Gasteiger partial charge >= 0.3 is 0 Å². The third-order valence-corrected chi connectivity index (χ3v) is 5.64. The molecule has 0 N–H and O–H groups in total. The van der Waals surface area contributed by atoms with E-state index in [0.717, 1.165) is 11.4 Å². The topological polar surface area (TPSA) is 66.2 Å². The second kappa shape index (κ2) is 10.2. The van der Waals surface area contributed by atoms with Crippen molar-refractivity contribution in [3.63, 3.8) is 0 Å². The van der Waals surface area contributed by atoms with Gasteiger partial charge in [0.25, 0.3) is 0 Å². The number of Topliss-reactive ketones (excluding diaryl/α,β-unsaturated/α-hetero) is 1. The Hall–Kier alpha value is -2.51. The highest BCUT2D eigenvalue weighted by molar-refractivity contribution is 7.99. The first-order valence-corrected chi connectivity index (χ1v) is 11.4. The summed E-state index contributed by atoms with van der Waals surface area (Å²) in [4.78, 5) is 12.4. The van der Waals surface area contributed by atoms with E-state index >= 15 is 0 Å². The third kappa shape index (κ3) is 6.24. The lowest BCUT2D eigenvalue weighted by molar-refractivity contribution is -0.123. The molecule has 0 aliphatic rings. The Labute approximate surface area is 191 Å². The Kier molecular flexibility index (Phi) is 7.62. The maximum absolute atomic E-state index is 12.4. The molecule has 0 saturated carbocycles. The molecule has 3 aromatic rings. The molecule has 0 amide bonds. The lowest BCUT2D eigenvalue weighted by Gasteiger charge is -2.16. The Balaban J connectivity index is 1.81. The quantitative estimate of drug-likeness (QED) is 0.388. The number of rotatable bonds is 9. The van der Waals surface area contributed by atoms with E-state index in [1.807, 2.05) is 80.8 Å². The number of benzene rings is 2. The molecule has 0 atom stereocenters. The summed E-state index contributed by atoms with van der Waals surface area (Å²) in [5, 5.41) is 9.90. The highest BCUT2D eigenvalue weighted by atomic mass is 35.5. The molecule has 6 nitrogen and oxygen atoms in total. The molecule has 1 heterocycles. The van der Waals surface area contributed by atoms with Gasteiger partial charge in [-0.3, -0.25) is 9.36 Å². The van der Waals surface area contributed by atoms with Crippen molar-refractivity contribution >= 4 is 29.1 Å². The van der Waals surface area contributed by atoms with E-state index in [1.165, 1.54) is 11.8 Å². The average molecular weight is 460 g/mol. The molecule has 0 radical (unpaired) electrons. The summed E-state index contributed by atoms with van der Waals surface area (Å²) in [5.41, 5.74) is 0.447. The molecule has 164 valence electrons. The van der Waals surface area contributed by atoms with E-state index in [9.17, 15) is 4.79 Å². The zero-order valence-corrected chi connectivity index (χ0v) is 19.7. The van der Waals surface area contributed by atoms with Crippen LogP contribution in [-0.4, -0.2) is 32.9 Å². The number of ether oxygens (including phenoxy) is 2. The van der Waals surface area contributed by atoms with E-state index in [4.69, 9.17) is 21.1 Å². The molecule has 0 saturated heterocycles. The number of halogens is 1. The zero-order valence-electron chi connectivity index (χ0n) is 18.1. The Morgan fingerprint density at radius 3 is 2.19 bits per heavy atom. The van der Waals surface area contributed by atoms with Gasteiger partial charge in [0.2, 0.25) is 0 Å². The molecular formula is C23H26ClN3O3S. The van der Waals surface area contributed by atoms with Crippen LogP contribution in [0.3, 0.4) is 0 Å². The standard InChI is InChI=1S/C23H26ClN3O3S/c1-5-29-18-10-12-19(13-11-18)30-14-21-25-26-22(31-15-20(28)23(2,3)4)27(21)17-8-6-16(24)7-9-17/h6-13H,5,14-15H2,1-4H3. The summed E-state index contributed by atoms with van der Waals surface area (Å²) in [7, 11) is 0. The van der Waals surface area contributed by atoms with Gasteiger partial charge in [-0.25, -0.2) is 0 Å². The summed E-state index contributed by atoms with van der Waals surface area (Å²) in [5.74, 6) is 2.58. The first-order valence-electron chi connectivity index (χ1n) is 10.00. The molecule has 0 aliphatic heterocycles. The van der Waals surface area contributed by atoms with Gasteiger partial charge in [-0.1, -0.05) is 44.1 Å². The minimum absolute atomic E-state index is 0.148. The average Bonchev–Trinajstić information content (AvgIpc) is 3.14. The minimum Gasteiger partial charge on any atom is -0.494 e. The number of hydrogen-bond donors (Lipinski definition) is 0. The van der Waals surface area contributed by atoms with Crippen LogP contribution < -0.4 is 9.47 Å². The normalized spacial score (nSPS) is 11.4. The van der Waals surface area contributed by atoms with Crippen LogP contribution in [0.1, 0.15) is 33.5 Å². The first kappa shape index (κ1) is 23.2. The van der Waals surface area contributed by atoms with Crippen LogP contribution in [0.4, 0.5) is 0 Å². The second-order valence-electron chi connectivity index (χ2n) is 7.87. The molecule has 1 aromatic heterocycles. The van der Waals surface area contributed by atoms with Gasteiger partial charge in [-0.15, -0.1) is 10.2 Å². The van der Waals surface area contributed by atoms with Crippen molar-refractivity contribution < 1.29 is 14.3 Å². The van der Waals surface area contributed by atoms with Crippen LogP contribution in [0.25, 0.3) is 5.69 Å². The molecule has 3 rings (SSSR count). The lowest BCUT2D eigenvalue weighted by Crippen LogP contribution is -2.22. The molecular weight excluding hydrogens is 434 g/mol. The summed E-state index contributed by atoms with van der Waals surface area (Å²) in [6, 6.07) is 14.8. The molecule has 0 bridgehead atoms. The maximum Gasteiger partial charge on any atom is 0.196 e. The van der Waals surface area contributed by atoms with E-state index in [-0.39, 0.29) is 12.4 Å². The summed E-state index contributed by atoms with van der Waals surface area (Å²) in [6.45, 7) is 8.51. The largest absolute Gasteiger partial charge is 0.494 e. The monoisotopic (exact) mass is 459 g/mol. The van der Waals surface area contributed by atoms with Gasteiger partial charge in [-0.05, 0) is 55.5 Å². The smallest absolute Gasteiger partial charge is 0.196 e. The highest BCUT2D eigenvalue weighted by Crippen LogP contribution is 2.27. The number of nitrogens with zero attached hydrogens (tertiary/aromatic N) is 3. The lowest BCUT2D eigenvalue weighted by atomic mass is 9.92. The van der Waals surface area contributed by atoms with Crippen LogP contribution >= 0.6 is 23.4 Å². The number of carbonyl (C=O) groups excluding carboxylic acids is 1. The fraction of sp³-hybridized carbons (Fsp3) is 0.348. The van der Waals surface area contributed by atoms with Crippen molar-refractivity contribution in [1.29, 1.82) is 0 Å². The Morgan fingerprint density at radius 1 is 1.00 bits per heavy atom. The number of thioether (sulfide) groups is 1. The van der Waals surface area contributed by atoms with Crippen molar-refractivity contribution in [2.75, 3.05) is 12.4 Å². The number of ketones is 1. The Bertz CT molecular complexity index is 1010. The predicted octanol–water partition coefficient (Wildman–Crippen LogP) is 5.61. The fourth-order valence-corrected chi connectivity index (χ4v) is 3.89. The van der Waals surface area contributed by atoms with Gasteiger partial charge in [0.05, 0.1) is 12.4 Å². The first-order chi connectivity index (χ1) is 14.8. The van der Waals surface area contributed by atoms with Crippen molar-refractivity contribution in [3.8, 4) is 17.2 Å². The maximum atomic E-state index is 12.4. The van der Waals surface area contributed by atoms with Crippen LogP contribution in [0.5, 0.6) is 11.5 Å². The second-order valence-corrected chi connectivity index (χ2v) is 9.24. The molecule has 31 heavy (non-hydrogen) atoms. The van der Waals surface area contributed by atoms with E-state index in [0.29, 0.717) is 34.1 Å². The Morgan fingerprint density at radius 2 is 1.61 bits per heavy atom. The van der Waals surface area contributed by atoms with Crippen molar-refractivity contribution in [3.05, 3.63) is 59.4 Å². The van der Waals surface area contributed by atoms with Crippen LogP contribution in [-0.2, 0) is 11.4 Å².